The molecule has 0 bridgehead atoms. The average molecular weight is 313 g/mol. The highest BCUT2D eigenvalue weighted by atomic mass is 16.5. The number of benzene rings is 1. The Morgan fingerprint density at radius 2 is 2.09 bits per heavy atom. The number of carbonyl (C=O) groups excluding carboxylic acids is 1. The molecule has 1 heterocycles. The van der Waals surface area contributed by atoms with Gasteiger partial charge in [0.2, 0.25) is 0 Å². The highest BCUT2D eigenvalue weighted by molar-refractivity contribution is 5.89. The fourth-order valence-corrected chi connectivity index (χ4v) is 2.19. The predicted molar refractivity (Wildman–Crippen MR) is 82.2 cm³/mol. The normalized spacial score (nSPS) is 10.1. The monoisotopic (exact) mass is 313 g/mol. The lowest BCUT2D eigenvalue weighted by Crippen LogP contribution is -2.40. The number of carbonyl (C=O) groups is 1. The quantitative estimate of drug-likeness (QED) is 0.776. The lowest BCUT2D eigenvalue weighted by molar-refractivity contribution is 0.0600. The highest BCUT2D eigenvalue weighted by Crippen LogP contribution is 2.07. The van der Waals surface area contributed by atoms with Crippen molar-refractivity contribution in [3.8, 4) is 6.07 Å². The van der Waals surface area contributed by atoms with E-state index in [2.05, 4.69) is 4.74 Å². The first kappa shape index (κ1) is 16.2. The molecule has 1 aromatic carbocycles. The maximum absolute atomic E-state index is 12.3. The zero-order valence-electron chi connectivity index (χ0n) is 12.8. The Morgan fingerprint density at radius 3 is 2.70 bits per heavy atom. The summed E-state index contributed by atoms with van der Waals surface area (Å²) in [5.74, 6) is -0.504. The van der Waals surface area contributed by atoms with Crippen LogP contribution < -0.4 is 11.2 Å². The Kier molecular flexibility index (Phi) is 4.76. The summed E-state index contributed by atoms with van der Waals surface area (Å²) in [7, 11) is 1.27. The molecule has 0 N–H and O–H groups in total. The number of nitrogens with zero attached hydrogens (tertiary/aromatic N) is 3. The van der Waals surface area contributed by atoms with Crippen molar-refractivity contribution >= 4 is 5.97 Å². The molecule has 0 aliphatic heterocycles. The van der Waals surface area contributed by atoms with E-state index in [0.717, 1.165) is 4.57 Å². The number of nitriles is 1. The number of rotatable bonds is 4. The van der Waals surface area contributed by atoms with Crippen molar-refractivity contribution in [1.82, 2.24) is 9.13 Å². The first-order valence-corrected chi connectivity index (χ1v) is 6.93. The van der Waals surface area contributed by atoms with Crippen LogP contribution in [0.3, 0.4) is 0 Å². The van der Waals surface area contributed by atoms with Gasteiger partial charge in [-0.1, -0.05) is 12.1 Å². The molecule has 0 fully saturated rings. The summed E-state index contributed by atoms with van der Waals surface area (Å²) < 4.78 is 6.93. The molecule has 23 heavy (non-hydrogen) atoms. The molecule has 0 spiro atoms. The maximum atomic E-state index is 12.3. The fourth-order valence-electron chi connectivity index (χ4n) is 2.19. The summed E-state index contributed by atoms with van der Waals surface area (Å²) in [4.78, 5) is 36.1. The fraction of sp³-hybridized carbons (Fsp3) is 0.250. The van der Waals surface area contributed by atoms with Crippen molar-refractivity contribution in [2.75, 3.05) is 7.11 Å². The summed E-state index contributed by atoms with van der Waals surface area (Å²) in [5.41, 5.74) is -0.337. The molecule has 0 unspecified atom stereocenters. The molecule has 0 radical (unpaired) electrons. The van der Waals surface area contributed by atoms with E-state index in [4.69, 9.17) is 5.26 Å². The van der Waals surface area contributed by atoms with Gasteiger partial charge >= 0.3 is 11.7 Å². The van der Waals surface area contributed by atoms with E-state index in [1.807, 2.05) is 0 Å². The van der Waals surface area contributed by atoms with Gasteiger partial charge in [-0.3, -0.25) is 13.9 Å². The molecule has 0 saturated heterocycles. The number of hydrogen-bond donors (Lipinski definition) is 0. The second kappa shape index (κ2) is 6.75. The minimum Gasteiger partial charge on any atom is -0.465 e. The smallest absolute Gasteiger partial charge is 0.337 e. The van der Waals surface area contributed by atoms with Crippen molar-refractivity contribution in [3.05, 3.63) is 68.0 Å². The molecule has 7 nitrogen and oxygen atoms in total. The van der Waals surface area contributed by atoms with Gasteiger partial charge in [0, 0.05) is 12.7 Å². The molecule has 0 atom stereocenters. The Hall–Kier alpha value is -3.14. The molecule has 0 saturated carbocycles. The van der Waals surface area contributed by atoms with Gasteiger partial charge in [-0.05, 0) is 24.6 Å². The molecule has 1 aromatic heterocycles. The van der Waals surface area contributed by atoms with Crippen LogP contribution in [0.5, 0.6) is 0 Å². The summed E-state index contributed by atoms with van der Waals surface area (Å²) in [6.45, 7) is 2.06. The standard InChI is InChI=1S/C16H15N3O4/c1-3-18-10-13(8-17)14(20)19(16(18)22)9-11-5-4-6-12(7-11)15(21)23-2/h4-7,10H,3,9H2,1-2H3. The van der Waals surface area contributed by atoms with Gasteiger partial charge in [-0.15, -0.1) is 0 Å². The summed E-state index contributed by atoms with van der Waals surface area (Å²) in [6.07, 6.45) is 1.26. The summed E-state index contributed by atoms with van der Waals surface area (Å²) in [6, 6.07) is 8.25. The van der Waals surface area contributed by atoms with Crippen LogP contribution in [0.2, 0.25) is 0 Å². The van der Waals surface area contributed by atoms with Crippen molar-refractivity contribution < 1.29 is 9.53 Å². The minimum absolute atomic E-state index is 0.0297. The SMILES string of the molecule is CCn1cc(C#N)c(=O)n(Cc2cccc(C(=O)OC)c2)c1=O. The molecule has 2 aromatic rings. The van der Waals surface area contributed by atoms with E-state index in [1.165, 1.54) is 17.9 Å². The van der Waals surface area contributed by atoms with Gasteiger partial charge in [-0.25, -0.2) is 9.59 Å². The Balaban J connectivity index is 2.53. The summed E-state index contributed by atoms with van der Waals surface area (Å²) in [5, 5.41) is 9.03. The largest absolute Gasteiger partial charge is 0.465 e. The highest BCUT2D eigenvalue weighted by Gasteiger charge is 2.12. The van der Waals surface area contributed by atoms with Crippen molar-refractivity contribution in [3.63, 3.8) is 0 Å². The van der Waals surface area contributed by atoms with Crippen molar-refractivity contribution in [2.24, 2.45) is 0 Å². The van der Waals surface area contributed by atoms with E-state index in [9.17, 15) is 14.4 Å². The van der Waals surface area contributed by atoms with E-state index in [1.54, 1.807) is 37.3 Å². The zero-order chi connectivity index (χ0) is 17.0. The van der Waals surface area contributed by atoms with Crippen LogP contribution in [0.25, 0.3) is 0 Å². The second-order valence-corrected chi connectivity index (χ2v) is 4.81. The first-order chi connectivity index (χ1) is 11.0. The van der Waals surface area contributed by atoms with E-state index in [0.29, 0.717) is 17.7 Å². The van der Waals surface area contributed by atoms with Gasteiger partial charge in [0.25, 0.3) is 5.56 Å². The molecule has 0 amide bonds. The van der Waals surface area contributed by atoms with Crippen LogP contribution in [0, 0.1) is 11.3 Å². The molecule has 118 valence electrons. The summed E-state index contributed by atoms with van der Waals surface area (Å²) >= 11 is 0. The van der Waals surface area contributed by atoms with Crippen LogP contribution in [-0.2, 0) is 17.8 Å². The molecule has 0 aliphatic carbocycles. The van der Waals surface area contributed by atoms with Gasteiger partial charge in [0.15, 0.2) is 0 Å². The lowest BCUT2D eigenvalue weighted by Gasteiger charge is -2.10. The van der Waals surface area contributed by atoms with Gasteiger partial charge < -0.3 is 4.74 Å². The predicted octanol–water partition coefficient (Wildman–Crippen LogP) is 0.736. The lowest BCUT2D eigenvalue weighted by atomic mass is 10.1. The van der Waals surface area contributed by atoms with Gasteiger partial charge in [-0.2, -0.15) is 5.26 Å². The average Bonchev–Trinajstić information content (AvgIpc) is 2.58. The van der Waals surface area contributed by atoms with E-state index >= 15 is 0 Å². The Bertz CT molecular complexity index is 903. The Labute approximate surface area is 132 Å². The van der Waals surface area contributed by atoms with E-state index in [-0.39, 0.29) is 12.1 Å². The third-order valence-electron chi connectivity index (χ3n) is 3.39. The number of esters is 1. The number of aromatic nitrogens is 2. The minimum atomic E-state index is -0.648. The van der Waals surface area contributed by atoms with Crippen molar-refractivity contribution in [1.29, 1.82) is 5.26 Å². The molecule has 0 aliphatic rings. The van der Waals surface area contributed by atoms with Crippen LogP contribution in [0.15, 0.2) is 40.1 Å². The molecule has 7 heteroatoms. The van der Waals surface area contributed by atoms with E-state index < -0.39 is 17.2 Å². The van der Waals surface area contributed by atoms with Crippen LogP contribution >= 0.6 is 0 Å². The zero-order valence-corrected chi connectivity index (χ0v) is 12.8. The molecule has 2 rings (SSSR count). The third kappa shape index (κ3) is 3.21. The second-order valence-electron chi connectivity index (χ2n) is 4.81. The van der Waals surface area contributed by atoms with Crippen LogP contribution in [-0.4, -0.2) is 22.2 Å². The first-order valence-electron chi connectivity index (χ1n) is 6.93. The third-order valence-corrected chi connectivity index (χ3v) is 3.39. The maximum Gasteiger partial charge on any atom is 0.337 e. The number of hydrogen-bond acceptors (Lipinski definition) is 5. The number of ether oxygens (including phenoxy) is 1. The van der Waals surface area contributed by atoms with Crippen LogP contribution in [0.1, 0.15) is 28.4 Å². The number of methoxy groups -OCH3 is 1. The number of aryl methyl sites for hydroxylation is 1. The topological polar surface area (TPSA) is 94.1 Å². The van der Waals surface area contributed by atoms with Gasteiger partial charge in [0.1, 0.15) is 11.6 Å². The van der Waals surface area contributed by atoms with Crippen LogP contribution in [0.4, 0.5) is 0 Å². The van der Waals surface area contributed by atoms with Crippen molar-refractivity contribution in [2.45, 2.75) is 20.0 Å². The molecular formula is C16H15N3O4. The Morgan fingerprint density at radius 1 is 1.35 bits per heavy atom. The van der Waals surface area contributed by atoms with Gasteiger partial charge in [0.05, 0.1) is 19.2 Å². The molecular weight excluding hydrogens is 298 g/mol.